The maximum absolute atomic E-state index is 12.1. The second kappa shape index (κ2) is 7.84. The Morgan fingerprint density at radius 2 is 1.90 bits per heavy atom. The molecule has 0 aromatic heterocycles. The van der Waals surface area contributed by atoms with E-state index in [2.05, 4.69) is 23.5 Å². The van der Waals surface area contributed by atoms with Gasteiger partial charge in [-0.25, -0.2) is 13.1 Å². The summed E-state index contributed by atoms with van der Waals surface area (Å²) >= 11 is 4.83. The highest BCUT2D eigenvalue weighted by Crippen LogP contribution is 2.11. The van der Waals surface area contributed by atoms with Gasteiger partial charge in [-0.05, 0) is 38.6 Å². The van der Waals surface area contributed by atoms with Crippen LogP contribution in [0.1, 0.15) is 19.4 Å². The fourth-order valence-corrected chi connectivity index (χ4v) is 2.87. The highest BCUT2D eigenvalue weighted by atomic mass is 32.2. The van der Waals surface area contributed by atoms with E-state index in [4.69, 9.17) is 18.0 Å². The van der Waals surface area contributed by atoms with E-state index in [1.54, 1.807) is 24.3 Å². The number of hydrogen-bond donors (Lipinski definition) is 2. The lowest BCUT2D eigenvalue weighted by Crippen LogP contribution is -2.36. The lowest BCUT2D eigenvalue weighted by molar-refractivity contribution is 0.278. The van der Waals surface area contributed by atoms with Crippen LogP contribution in [-0.4, -0.2) is 44.5 Å². The lowest BCUT2D eigenvalue weighted by atomic mass is 10.1. The third-order valence-corrected chi connectivity index (χ3v) is 4.87. The Labute approximate surface area is 132 Å². The van der Waals surface area contributed by atoms with Crippen LogP contribution in [0.4, 0.5) is 0 Å². The quantitative estimate of drug-likeness (QED) is 0.700. The molecule has 0 unspecified atom stereocenters. The Hall–Kier alpha value is -1.02. The largest absolute Gasteiger partial charge is 0.393 e. The van der Waals surface area contributed by atoms with Crippen LogP contribution >= 0.6 is 12.2 Å². The van der Waals surface area contributed by atoms with E-state index in [1.807, 2.05) is 7.05 Å². The molecule has 0 heterocycles. The third-order valence-electron chi connectivity index (χ3n) is 3.25. The van der Waals surface area contributed by atoms with Crippen molar-refractivity contribution in [2.24, 2.45) is 5.73 Å². The van der Waals surface area contributed by atoms with Crippen LogP contribution in [0, 0.1) is 0 Å². The molecule has 0 aliphatic heterocycles. The molecule has 0 spiro atoms. The van der Waals surface area contributed by atoms with Crippen molar-refractivity contribution >= 4 is 27.2 Å². The smallest absolute Gasteiger partial charge is 0.240 e. The van der Waals surface area contributed by atoms with Gasteiger partial charge in [0.15, 0.2) is 0 Å². The standard InChI is InChI=1S/C14H23N3O2S2/c1-11(2)17(3)9-8-16-21(18,19)13-6-4-12(5-7-13)10-14(15)20/h4-7,11,16H,8-10H2,1-3H3,(H2,15,20). The molecule has 118 valence electrons. The maximum atomic E-state index is 12.1. The summed E-state index contributed by atoms with van der Waals surface area (Å²) in [5.74, 6) is 0. The molecule has 0 saturated heterocycles. The number of sulfonamides is 1. The van der Waals surface area contributed by atoms with Gasteiger partial charge in [0.1, 0.15) is 0 Å². The molecule has 0 fully saturated rings. The molecule has 0 atom stereocenters. The molecule has 0 saturated carbocycles. The summed E-state index contributed by atoms with van der Waals surface area (Å²) in [6.07, 6.45) is 0.474. The zero-order chi connectivity index (χ0) is 16.0. The first-order valence-corrected chi connectivity index (χ1v) is 8.68. The van der Waals surface area contributed by atoms with Crippen LogP contribution in [0.3, 0.4) is 0 Å². The average Bonchev–Trinajstić information content (AvgIpc) is 2.38. The number of nitrogens with two attached hydrogens (primary N) is 1. The van der Waals surface area contributed by atoms with Crippen LogP contribution in [0.15, 0.2) is 29.2 Å². The minimum absolute atomic E-state index is 0.251. The average molecular weight is 329 g/mol. The first kappa shape index (κ1) is 18.0. The van der Waals surface area contributed by atoms with Crippen molar-refractivity contribution in [1.82, 2.24) is 9.62 Å². The molecule has 0 aliphatic carbocycles. The van der Waals surface area contributed by atoms with Crippen LogP contribution in [0.2, 0.25) is 0 Å². The highest BCUT2D eigenvalue weighted by Gasteiger charge is 2.14. The summed E-state index contributed by atoms with van der Waals surface area (Å²) in [6, 6.07) is 6.99. The van der Waals surface area contributed by atoms with Crippen LogP contribution in [0.5, 0.6) is 0 Å². The fraction of sp³-hybridized carbons (Fsp3) is 0.500. The zero-order valence-corrected chi connectivity index (χ0v) is 14.3. The topological polar surface area (TPSA) is 75.4 Å². The van der Waals surface area contributed by atoms with E-state index < -0.39 is 10.0 Å². The fourth-order valence-electron chi connectivity index (χ4n) is 1.69. The van der Waals surface area contributed by atoms with Gasteiger partial charge in [0.2, 0.25) is 10.0 Å². The summed E-state index contributed by atoms with van der Waals surface area (Å²) < 4.78 is 26.9. The minimum atomic E-state index is -3.47. The van der Waals surface area contributed by atoms with E-state index in [9.17, 15) is 8.42 Å². The van der Waals surface area contributed by atoms with E-state index in [0.29, 0.717) is 30.5 Å². The van der Waals surface area contributed by atoms with Gasteiger partial charge in [-0.2, -0.15) is 0 Å². The number of likely N-dealkylation sites (N-methyl/N-ethyl adjacent to an activating group) is 1. The normalized spacial score (nSPS) is 12.0. The number of rotatable bonds is 8. The summed E-state index contributed by atoms with van der Waals surface area (Å²) in [7, 11) is -1.51. The second-order valence-corrected chi connectivity index (χ2v) is 7.55. The molecule has 3 N–H and O–H groups in total. The summed E-state index contributed by atoms with van der Waals surface area (Å²) in [4.78, 5) is 2.72. The van der Waals surface area contributed by atoms with Crippen molar-refractivity contribution in [3.8, 4) is 0 Å². The van der Waals surface area contributed by atoms with E-state index in [1.165, 1.54) is 0 Å². The van der Waals surface area contributed by atoms with Gasteiger partial charge in [0, 0.05) is 25.6 Å². The monoisotopic (exact) mass is 329 g/mol. The molecule has 0 bridgehead atoms. The Morgan fingerprint density at radius 3 is 2.38 bits per heavy atom. The Morgan fingerprint density at radius 1 is 1.33 bits per heavy atom. The molecule has 21 heavy (non-hydrogen) atoms. The Kier molecular flexibility index (Phi) is 6.73. The van der Waals surface area contributed by atoms with Crippen LogP contribution in [0.25, 0.3) is 0 Å². The number of nitrogens with one attached hydrogen (secondary N) is 1. The lowest BCUT2D eigenvalue weighted by Gasteiger charge is -2.20. The van der Waals surface area contributed by atoms with Crippen molar-refractivity contribution in [3.05, 3.63) is 29.8 Å². The zero-order valence-electron chi connectivity index (χ0n) is 12.7. The molecule has 1 aromatic carbocycles. The van der Waals surface area contributed by atoms with Crippen LogP contribution < -0.4 is 10.5 Å². The molecule has 1 rings (SSSR count). The predicted molar refractivity (Wildman–Crippen MR) is 89.9 cm³/mol. The first-order chi connectivity index (χ1) is 9.72. The molecule has 1 aromatic rings. The van der Waals surface area contributed by atoms with E-state index in [-0.39, 0.29) is 4.90 Å². The predicted octanol–water partition coefficient (Wildman–Crippen LogP) is 1.13. The molecule has 0 radical (unpaired) electrons. The number of nitrogens with zero attached hydrogens (tertiary/aromatic N) is 1. The van der Waals surface area contributed by atoms with Gasteiger partial charge in [-0.1, -0.05) is 24.4 Å². The van der Waals surface area contributed by atoms with Crippen molar-refractivity contribution < 1.29 is 8.42 Å². The molecular weight excluding hydrogens is 306 g/mol. The summed E-state index contributed by atoms with van der Waals surface area (Å²) in [6.45, 7) is 5.17. The molecule has 0 aliphatic rings. The van der Waals surface area contributed by atoms with Crippen molar-refractivity contribution in [2.75, 3.05) is 20.1 Å². The molecule has 5 nitrogen and oxygen atoms in total. The summed E-state index contributed by atoms with van der Waals surface area (Å²) in [5.41, 5.74) is 6.37. The number of hydrogen-bond acceptors (Lipinski definition) is 4. The van der Waals surface area contributed by atoms with Gasteiger partial charge in [-0.15, -0.1) is 0 Å². The van der Waals surface area contributed by atoms with Gasteiger partial charge in [0.05, 0.1) is 9.88 Å². The van der Waals surface area contributed by atoms with E-state index in [0.717, 1.165) is 5.56 Å². The SMILES string of the molecule is CC(C)N(C)CCNS(=O)(=O)c1ccc(CC(N)=S)cc1. The minimum Gasteiger partial charge on any atom is -0.393 e. The number of benzene rings is 1. The van der Waals surface area contributed by atoms with Gasteiger partial charge < -0.3 is 10.6 Å². The first-order valence-electron chi connectivity index (χ1n) is 6.79. The molecule has 0 amide bonds. The Bertz CT molecular complexity index is 568. The molecule has 7 heteroatoms. The molecular formula is C14H23N3O2S2. The maximum Gasteiger partial charge on any atom is 0.240 e. The third kappa shape index (κ3) is 6.09. The number of thiocarbonyl (C=S) groups is 1. The Balaban J connectivity index is 2.64. The van der Waals surface area contributed by atoms with Gasteiger partial charge >= 0.3 is 0 Å². The van der Waals surface area contributed by atoms with Crippen molar-refractivity contribution in [1.29, 1.82) is 0 Å². The van der Waals surface area contributed by atoms with Gasteiger partial charge in [-0.3, -0.25) is 0 Å². The van der Waals surface area contributed by atoms with Crippen molar-refractivity contribution in [2.45, 2.75) is 31.2 Å². The highest BCUT2D eigenvalue weighted by molar-refractivity contribution is 7.89. The van der Waals surface area contributed by atoms with Gasteiger partial charge in [0.25, 0.3) is 0 Å². The second-order valence-electron chi connectivity index (χ2n) is 5.26. The van der Waals surface area contributed by atoms with Crippen molar-refractivity contribution in [3.63, 3.8) is 0 Å². The summed E-state index contributed by atoms with van der Waals surface area (Å²) in [5, 5.41) is 0. The van der Waals surface area contributed by atoms with Crippen LogP contribution in [-0.2, 0) is 16.4 Å². The van der Waals surface area contributed by atoms with E-state index >= 15 is 0 Å².